The van der Waals surface area contributed by atoms with E-state index in [1.165, 1.54) is 0 Å². The van der Waals surface area contributed by atoms with Crippen LogP contribution in [0.15, 0.2) is 22.7 Å². The first-order valence-electron chi connectivity index (χ1n) is 5.92. The summed E-state index contributed by atoms with van der Waals surface area (Å²) < 4.78 is 6.03. The highest BCUT2D eigenvalue weighted by Crippen LogP contribution is 2.25. The van der Waals surface area contributed by atoms with Crippen molar-refractivity contribution in [3.8, 4) is 5.75 Å². The molecule has 0 aliphatic rings. The number of hydrogen-bond acceptors (Lipinski definition) is 3. The topological polar surface area (TPSA) is 64.4 Å². The van der Waals surface area contributed by atoms with Crippen molar-refractivity contribution < 1.29 is 9.53 Å². The number of halogens is 1. The zero-order valence-corrected chi connectivity index (χ0v) is 12.3. The van der Waals surface area contributed by atoms with E-state index in [0.717, 1.165) is 22.2 Å². The number of carbonyl (C=O) groups is 1. The van der Waals surface area contributed by atoms with Gasteiger partial charge in [0.05, 0.1) is 11.6 Å². The van der Waals surface area contributed by atoms with Gasteiger partial charge in [0.15, 0.2) is 0 Å². The maximum absolute atomic E-state index is 11.8. The molecule has 0 bridgehead atoms. The quantitative estimate of drug-likeness (QED) is 0.844. The fourth-order valence-corrected chi connectivity index (χ4v) is 2.20. The summed E-state index contributed by atoms with van der Waals surface area (Å²) >= 11 is 3.41. The van der Waals surface area contributed by atoms with Crippen molar-refractivity contribution in [3.05, 3.63) is 28.2 Å². The Morgan fingerprint density at radius 2 is 2.28 bits per heavy atom. The van der Waals surface area contributed by atoms with Crippen molar-refractivity contribution in [3.63, 3.8) is 0 Å². The number of nitrogens with one attached hydrogen (secondary N) is 1. The highest BCUT2D eigenvalue weighted by atomic mass is 79.9. The fraction of sp³-hybridized carbons (Fsp3) is 0.462. The molecule has 1 unspecified atom stereocenters. The van der Waals surface area contributed by atoms with Gasteiger partial charge in [0.25, 0.3) is 0 Å². The average molecular weight is 315 g/mol. The van der Waals surface area contributed by atoms with Crippen LogP contribution >= 0.6 is 15.9 Å². The summed E-state index contributed by atoms with van der Waals surface area (Å²) in [6, 6.07) is 5.72. The van der Waals surface area contributed by atoms with Crippen molar-refractivity contribution in [1.82, 2.24) is 5.32 Å². The number of hydrogen-bond donors (Lipinski definition) is 2. The lowest BCUT2D eigenvalue weighted by Crippen LogP contribution is -2.34. The summed E-state index contributed by atoms with van der Waals surface area (Å²) in [5, 5.41) is 2.88. The second-order valence-electron chi connectivity index (χ2n) is 4.03. The van der Waals surface area contributed by atoms with Crippen molar-refractivity contribution in [2.75, 3.05) is 13.7 Å². The van der Waals surface area contributed by atoms with Gasteiger partial charge in [-0.25, -0.2) is 0 Å². The van der Waals surface area contributed by atoms with Crippen LogP contribution in [0, 0.1) is 5.92 Å². The van der Waals surface area contributed by atoms with Crippen LogP contribution in [0.4, 0.5) is 0 Å². The van der Waals surface area contributed by atoms with Crippen LogP contribution in [-0.2, 0) is 11.3 Å². The molecule has 5 heteroatoms. The van der Waals surface area contributed by atoms with E-state index < -0.39 is 0 Å². The molecule has 0 aliphatic heterocycles. The third-order valence-electron chi connectivity index (χ3n) is 2.83. The number of methoxy groups -OCH3 is 1. The molecule has 3 N–H and O–H groups in total. The highest BCUT2D eigenvalue weighted by Gasteiger charge is 2.13. The number of ether oxygens (including phenoxy) is 1. The zero-order valence-electron chi connectivity index (χ0n) is 10.7. The second kappa shape index (κ2) is 7.38. The number of benzene rings is 1. The van der Waals surface area contributed by atoms with Crippen LogP contribution in [0.5, 0.6) is 5.75 Å². The van der Waals surface area contributed by atoms with Gasteiger partial charge in [-0.15, -0.1) is 0 Å². The van der Waals surface area contributed by atoms with Crippen LogP contribution in [0.2, 0.25) is 0 Å². The normalized spacial score (nSPS) is 12.0. The molecule has 1 aromatic carbocycles. The van der Waals surface area contributed by atoms with E-state index in [0.29, 0.717) is 13.1 Å². The Balaban J connectivity index is 2.58. The maximum atomic E-state index is 11.8. The predicted octanol–water partition coefficient (Wildman–Crippen LogP) is 2.06. The smallest absolute Gasteiger partial charge is 0.224 e. The minimum absolute atomic E-state index is 0.00643. The molecule has 0 saturated carbocycles. The Hall–Kier alpha value is -1.07. The molecule has 0 heterocycles. The Labute approximate surface area is 116 Å². The van der Waals surface area contributed by atoms with Gasteiger partial charge in [-0.3, -0.25) is 4.79 Å². The third-order valence-corrected chi connectivity index (χ3v) is 3.45. The highest BCUT2D eigenvalue weighted by molar-refractivity contribution is 9.10. The van der Waals surface area contributed by atoms with Crippen molar-refractivity contribution >= 4 is 21.8 Å². The number of amides is 1. The molecular weight excluding hydrogens is 296 g/mol. The van der Waals surface area contributed by atoms with Gasteiger partial charge >= 0.3 is 0 Å². The lowest BCUT2D eigenvalue weighted by molar-refractivity contribution is -0.124. The first-order valence-corrected chi connectivity index (χ1v) is 6.71. The van der Waals surface area contributed by atoms with Gasteiger partial charge in [0, 0.05) is 19.0 Å². The van der Waals surface area contributed by atoms with E-state index in [-0.39, 0.29) is 11.8 Å². The molecule has 0 radical (unpaired) electrons. The average Bonchev–Trinajstić information content (AvgIpc) is 2.38. The Bertz CT molecular complexity index is 406. The minimum Gasteiger partial charge on any atom is -0.496 e. The molecule has 0 saturated heterocycles. The Kier molecular flexibility index (Phi) is 6.15. The Morgan fingerprint density at radius 3 is 2.78 bits per heavy atom. The molecule has 0 aromatic heterocycles. The van der Waals surface area contributed by atoms with Gasteiger partial charge < -0.3 is 15.8 Å². The van der Waals surface area contributed by atoms with Crippen molar-refractivity contribution in [2.45, 2.75) is 19.9 Å². The predicted molar refractivity (Wildman–Crippen MR) is 75.4 cm³/mol. The second-order valence-corrected chi connectivity index (χ2v) is 4.88. The van der Waals surface area contributed by atoms with Crippen LogP contribution < -0.4 is 15.8 Å². The van der Waals surface area contributed by atoms with E-state index in [1.807, 2.05) is 25.1 Å². The van der Waals surface area contributed by atoms with Crippen LogP contribution in [0.1, 0.15) is 18.9 Å². The van der Waals surface area contributed by atoms with Crippen molar-refractivity contribution in [2.24, 2.45) is 11.7 Å². The Morgan fingerprint density at radius 1 is 1.56 bits per heavy atom. The number of rotatable bonds is 6. The molecule has 100 valence electrons. The van der Waals surface area contributed by atoms with Crippen LogP contribution in [0.25, 0.3) is 0 Å². The lowest BCUT2D eigenvalue weighted by atomic mass is 10.1. The first kappa shape index (κ1) is 15.0. The molecule has 18 heavy (non-hydrogen) atoms. The summed E-state index contributed by atoms with van der Waals surface area (Å²) in [6.45, 7) is 2.84. The molecule has 1 aromatic rings. The lowest BCUT2D eigenvalue weighted by Gasteiger charge is -2.13. The molecule has 1 atom stereocenters. The van der Waals surface area contributed by atoms with Gasteiger partial charge in [-0.2, -0.15) is 0 Å². The molecule has 0 fully saturated rings. The molecule has 4 nitrogen and oxygen atoms in total. The van der Waals surface area contributed by atoms with E-state index in [4.69, 9.17) is 10.5 Å². The van der Waals surface area contributed by atoms with Crippen LogP contribution in [0.3, 0.4) is 0 Å². The van der Waals surface area contributed by atoms with E-state index in [1.54, 1.807) is 7.11 Å². The largest absolute Gasteiger partial charge is 0.496 e. The van der Waals surface area contributed by atoms with E-state index >= 15 is 0 Å². The third kappa shape index (κ3) is 3.99. The summed E-state index contributed by atoms with van der Waals surface area (Å²) in [5.41, 5.74) is 6.55. The fourth-order valence-electron chi connectivity index (χ4n) is 1.61. The minimum atomic E-state index is -0.105. The van der Waals surface area contributed by atoms with E-state index in [2.05, 4.69) is 21.2 Å². The standard InChI is InChI=1S/C13H19BrN2O2/c1-3-10(7-15)13(17)16-8-9-4-5-12(18-2)11(14)6-9/h4-6,10H,3,7-8,15H2,1-2H3,(H,16,17). The van der Waals surface area contributed by atoms with Crippen LogP contribution in [-0.4, -0.2) is 19.6 Å². The summed E-state index contributed by atoms with van der Waals surface area (Å²) in [7, 11) is 1.62. The van der Waals surface area contributed by atoms with Gasteiger partial charge in [-0.1, -0.05) is 13.0 Å². The van der Waals surface area contributed by atoms with E-state index in [9.17, 15) is 4.79 Å². The van der Waals surface area contributed by atoms with Gasteiger partial charge in [0.2, 0.25) is 5.91 Å². The molecule has 0 spiro atoms. The van der Waals surface area contributed by atoms with Crippen molar-refractivity contribution in [1.29, 1.82) is 0 Å². The molecule has 0 aliphatic carbocycles. The van der Waals surface area contributed by atoms with Gasteiger partial charge in [0.1, 0.15) is 5.75 Å². The monoisotopic (exact) mass is 314 g/mol. The summed E-state index contributed by atoms with van der Waals surface area (Å²) in [5.74, 6) is 0.678. The molecule has 1 rings (SSSR count). The molecule has 1 amide bonds. The maximum Gasteiger partial charge on any atom is 0.224 e. The summed E-state index contributed by atoms with van der Waals surface area (Å²) in [6.07, 6.45) is 0.759. The number of carbonyl (C=O) groups excluding carboxylic acids is 1. The molecular formula is C13H19BrN2O2. The number of nitrogens with two attached hydrogens (primary N) is 1. The first-order chi connectivity index (χ1) is 8.62. The summed E-state index contributed by atoms with van der Waals surface area (Å²) in [4.78, 5) is 11.8. The zero-order chi connectivity index (χ0) is 13.5. The SMILES string of the molecule is CCC(CN)C(=O)NCc1ccc(OC)c(Br)c1. The van der Waals surface area contributed by atoms with Gasteiger partial charge in [-0.05, 0) is 40.0 Å².